The molecule has 7 nitrogen and oxygen atoms in total. The fourth-order valence-corrected chi connectivity index (χ4v) is 2.37. The minimum Gasteiger partial charge on any atom is -0.382 e. The van der Waals surface area contributed by atoms with Gasteiger partial charge in [0.05, 0.1) is 24.8 Å². The minimum atomic E-state index is -3.66. The van der Waals surface area contributed by atoms with E-state index in [1.54, 1.807) is 7.11 Å². The summed E-state index contributed by atoms with van der Waals surface area (Å²) in [6.07, 6.45) is 1.15. The summed E-state index contributed by atoms with van der Waals surface area (Å²) in [7, 11) is -2.10. The SMILES string of the molecule is COCCOCCNS(=O)(=O)c1cnc(N)c(Cl)c1. The molecule has 1 aromatic heterocycles. The van der Waals surface area contributed by atoms with Gasteiger partial charge in [-0.05, 0) is 6.07 Å². The predicted octanol–water partition coefficient (Wildman–Crippen LogP) is 0.259. The molecular weight excluding hydrogens is 294 g/mol. The Morgan fingerprint density at radius 2 is 2.16 bits per heavy atom. The number of halogens is 1. The third kappa shape index (κ3) is 5.29. The number of hydrogen-bond donors (Lipinski definition) is 2. The number of rotatable bonds is 8. The van der Waals surface area contributed by atoms with E-state index in [9.17, 15) is 8.42 Å². The maximum atomic E-state index is 11.9. The highest BCUT2D eigenvalue weighted by Gasteiger charge is 2.15. The lowest BCUT2D eigenvalue weighted by atomic mass is 10.5. The number of methoxy groups -OCH3 is 1. The van der Waals surface area contributed by atoms with Crippen LogP contribution in [0.25, 0.3) is 0 Å². The lowest BCUT2D eigenvalue weighted by Gasteiger charge is -2.08. The van der Waals surface area contributed by atoms with Gasteiger partial charge in [0, 0.05) is 19.9 Å². The summed E-state index contributed by atoms with van der Waals surface area (Å²) < 4.78 is 36.0. The van der Waals surface area contributed by atoms with Crippen molar-refractivity contribution in [1.82, 2.24) is 9.71 Å². The first-order valence-corrected chi connectivity index (χ1v) is 7.31. The van der Waals surface area contributed by atoms with Crippen molar-refractivity contribution in [2.75, 3.05) is 39.2 Å². The molecule has 0 amide bonds. The van der Waals surface area contributed by atoms with Crippen LogP contribution in [-0.4, -0.2) is 46.9 Å². The summed E-state index contributed by atoms with van der Waals surface area (Å²) in [4.78, 5) is 3.65. The lowest BCUT2D eigenvalue weighted by molar-refractivity contribution is 0.0736. The molecule has 1 aromatic rings. The molecule has 0 aliphatic heterocycles. The Morgan fingerprint density at radius 3 is 2.79 bits per heavy atom. The molecule has 0 saturated heterocycles. The van der Waals surface area contributed by atoms with Crippen molar-refractivity contribution < 1.29 is 17.9 Å². The van der Waals surface area contributed by atoms with Crippen LogP contribution in [0.5, 0.6) is 0 Å². The number of nitrogens with one attached hydrogen (secondary N) is 1. The zero-order valence-corrected chi connectivity index (χ0v) is 12.0. The number of nitrogen functional groups attached to an aromatic ring is 1. The highest BCUT2D eigenvalue weighted by atomic mass is 35.5. The van der Waals surface area contributed by atoms with Gasteiger partial charge in [-0.15, -0.1) is 0 Å². The molecule has 0 saturated carbocycles. The van der Waals surface area contributed by atoms with E-state index in [1.165, 1.54) is 6.07 Å². The zero-order chi connectivity index (χ0) is 14.3. The Hall–Kier alpha value is -0.930. The first-order valence-electron chi connectivity index (χ1n) is 5.44. The van der Waals surface area contributed by atoms with E-state index in [-0.39, 0.29) is 28.9 Å². The molecule has 0 aliphatic carbocycles. The Kier molecular flexibility index (Phi) is 6.46. The van der Waals surface area contributed by atoms with Crippen LogP contribution in [0, 0.1) is 0 Å². The van der Waals surface area contributed by atoms with Crippen molar-refractivity contribution in [2.24, 2.45) is 0 Å². The first-order chi connectivity index (χ1) is 8.97. The smallest absolute Gasteiger partial charge is 0.242 e. The van der Waals surface area contributed by atoms with Crippen molar-refractivity contribution in [1.29, 1.82) is 0 Å². The third-order valence-corrected chi connectivity index (χ3v) is 3.86. The average Bonchev–Trinajstić information content (AvgIpc) is 2.36. The number of ether oxygens (including phenoxy) is 2. The van der Waals surface area contributed by atoms with Crippen LogP contribution in [0.4, 0.5) is 5.82 Å². The fourth-order valence-electron chi connectivity index (χ4n) is 1.15. The van der Waals surface area contributed by atoms with Crippen LogP contribution in [0.3, 0.4) is 0 Å². The summed E-state index contributed by atoms with van der Waals surface area (Å²) in [5.41, 5.74) is 5.41. The van der Waals surface area contributed by atoms with Crippen LogP contribution in [0.1, 0.15) is 0 Å². The number of nitrogens with zero attached hydrogens (tertiary/aromatic N) is 1. The van der Waals surface area contributed by atoms with Gasteiger partial charge in [0.25, 0.3) is 0 Å². The molecule has 0 atom stereocenters. The van der Waals surface area contributed by atoms with Crippen molar-refractivity contribution >= 4 is 27.4 Å². The molecule has 0 fully saturated rings. The largest absolute Gasteiger partial charge is 0.382 e. The fraction of sp³-hybridized carbons (Fsp3) is 0.500. The number of anilines is 1. The highest BCUT2D eigenvalue weighted by Crippen LogP contribution is 2.19. The molecule has 0 bridgehead atoms. The summed E-state index contributed by atoms with van der Waals surface area (Å²) in [6.45, 7) is 1.27. The predicted molar refractivity (Wildman–Crippen MR) is 71.5 cm³/mol. The number of sulfonamides is 1. The minimum absolute atomic E-state index is 0.0383. The second-order valence-corrected chi connectivity index (χ2v) is 5.72. The van der Waals surface area contributed by atoms with Crippen molar-refractivity contribution in [3.05, 3.63) is 17.3 Å². The van der Waals surface area contributed by atoms with E-state index in [2.05, 4.69) is 9.71 Å². The van der Waals surface area contributed by atoms with Crippen LogP contribution in [-0.2, 0) is 19.5 Å². The Balaban J connectivity index is 2.49. The molecule has 0 spiro atoms. The molecule has 3 N–H and O–H groups in total. The Bertz CT molecular complexity index is 509. The van der Waals surface area contributed by atoms with Gasteiger partial charge in [-0.2, -0.15) is 0 Å². The van der Waals surface area contributed by atoms with Gasteiger partial charge in [-0.3, -0.25) is 0 Å². The molecule has 9 heteroatoms. The van der Waals surface area contributed by atoms with Gasteiger partial charge < -0.3 is 15.2 Å². The monoisotopic (exact) mass is 309 g/mol. The highest BCUT2D eigenvalue weighted by molar-refractivity contribution is 7.89. The topological polar surface area (TPSA) is 104 Å². The Labute approximate surface area is 117 Å². The number of aromatic nitrogens is 1. The summed E-state index contributed by atoms with van der Waals surface area (Å²) in [5.74, 6) is 0.0866. The van der Waals surface area contributed by atoms with Crippen LogP contribution < -0.4 is 10.5 Å². The average molecular weight is 310 g/mol. The molecule has 0 unspecified atom stereocenters. The van der Waals surface area contributed by atoms with E-state index in [1.807, 2.05) is 0 Å². The maximum Gasteiger partial charge on any atom is 0.242 e. The first kappa shape index (κ1) is 16.1. The van der Waals surface area contributed by atoms with Crippen LogP contribution in [0.2, 0.25) is 5.02 Å². The lowest BCUT2D eigenvalue weighted by Crippen LogP contribution is -2.28. The number of nitrogens with two attached hydrogens (primary N) is 1. The summed E-state index contributed by atoms with van der Waals surface area (Å²) >= 11 is 5.72. The molecule has 0 aliphatic rings. The van der Waals surface area contributed by atoms with Crippen LogP contribution in [0.15, 0.2) is 17.2 Å². The van der Waals surface area contributed by atoms with E-state index in [0.29, 0.717) is 13.2 Å². The normalized spacial score (nSPS) is 11.7. The molecule has 19 heavy (non-hydrogen) atoms. The van der Waals surface area contributed by atoms with E-state index < -0.39 is 10.0 Å². The quantitative estimate of drug-likeness (QED) is 0.668. The molecule has 1 rings (SSSR count). The number of hydrogen-bond acceptors (Lipinski definition) is 6. The van der Waals surface area contributed by atoms with Crippen molar-refractivity contribution in [3.63, 3.8) is 0 Å². The number of pyridine rings is 1. The van der Waals surface area contributed by atoms with Gasteiger partial charge in [-0.25, -0.2) is 18.1 Å². The summed E-state index contributed by atoms with van der Waals surface area (Å²) in [6, 6.07) is 1.25. The second-order valence-electron chi connectivity index (χ2n) is 3.54. The molecular formula is C10H16ClN3O4S. The van der Waals surface area contributed by atoms with Gasteiger partial charge in [0.2, 0.25) is 10.0 Å². The third-order valence-electron chi connectivity index (χ3n) is 2.13. The van der Waals surface area contributed by atoms with E-state index >= 15 is 0 Å². The van der Waals surface area contributed by atoms with Gasteiger partial charge in [-0.1, -0.05) is 11.6 Å². The summed E-state index contributed by atoms with van der Waals surface area (Å²) in [5, 5.41) is 0.0965. The molecule has 1 heterocycles. The van der Waals surface area contributed by atoms with Crippen molar-refractivity contribution in [2.45, 2.75) is 4.90 Å². The van der Waals surface area contributed by atoms with E-state index in [0.717, 1.165) is 6.20 Å². The van der Waals surface area contributed by atoms with Gasteiger partial charge in [0.1, 0.15) is 10.7 Å². The van der Waals surface area contributed by atoms with Crippen molar-refractivity contribution in [3.8, 4) is 0 Å². The molecule has 0 radical (unpaired) electrons. The Morgan fingerprint density at radius 1 is 1.42 bits per heavy atom. The van der Waals surface area contributed by atoms with Gasteiger partial charge >= 0.3 is 0 Å². The standard InChI is InChI=1S/C10H16ClN3O4S/c1-17-4-5-18-3-2-14-19(15,16)8-6-9(11)10(12)13-7-8/h6-7,14H,2-5H2,1H3,(H2,12,13). The van der Waals surface area contributed by atoms with Gasteiger partial charge in [0.15, 0.2) is 0 Å². The van der Waals surface area contributed by atoms with Crippen LogP contribution >= 0.6 is 11.6 Å². The van der Waals surface area contributed by atoms with E-state index in [4.69, 9.17) is 26.8 Å². The molecule has 108 valence electrons. The second kappa shape index (κ2) is 7.61. The maximum absolute atomic E-state index is 11.9. The molecule has 0 aromatic carbocycles. The zero-order valence-electron chi connectivity index (χ0n) is 10.4.